The predicted octanol–water partition coefficient (Wildman–Crippen LogP) is 6.00. The molecule has 1 rings (SSSR count). The second-order valence-corrected chi connectivity index (χ2v) is 6.97. The van der Waals surface area contributed by atoms with Crippen LogP contribution in [0.1, 0.15) is 81.5 Å². The van der Waals surface area contributed by atoms with Crippen LogP contribution in [-0.4, -0.2) is 0 Å². The van der Waals surface area contributed by atoms with E-state index in [1.165, 1.54) is 37.0 Å². The molecule has 0 unspecified atom stereocenters. The van der Waals surface area contributed by atoms with Crippen molar-refractivity contribution in [2.75, 3.05) is 0 Å². The van der Waals surface area contributed by atoms with E-state index in [1.807, 2.05) is 11.3 Å². The fraction of sp³-hybridized carbons (Fsp3) is 0.667. The van der Waals surface area contributed by atoms with Gasteiger partial charge in [0.25, 0.3) is 0 Å². The highest BCUT2D eigenvalue weighted by Gasteiger charge is 2.11. The second-order valence-electron chi connectivity index (χ2n) is 5.89. The van der Waals surface area contributed by atoms with E-state index in [1.54, 1.807) is 10.4 Å². The molecule has 0 saturated carbocycles. The quantitative estimate of drug-likeness (QED) is 0.441. The van der Waals surface area contributed by atoms with Crippen LogP contribution in [0, 0.1) is 17.8 Å². The van der Waals surface area contributed by atoms with Crippen molar-refractivity contribution in [1.82, 2.24) is 0 Å². The zero-order valence-electron chi connectivity index (χ0n) is 13.2. The molecule has 0 nitrogen and oxygen atoms in total. The van der Waals surface area contributed by atoms with Crippen molar-refractivity contribution in [3.05, 3.63) is 21.4 Å². The van der Waals surface area contributed by atoms with Crippen LogP contribution in [0.25, 0.3) is 0 Å². The topological polar surface area (TPSA) is 0 Å². The molecule has 0 aliphatic heterocycles. The van der Waals surface area contributed by atoms with Crippen molar-refractivity contribution in [3.63, 3.8) is 0 Å². The molecular weight excluding hydrogens is 248 g/mol. The van der Waals surface area contributed by atoms with Gasteiger partial charge in [0.1, 0.15) is 0 Å². The molecule has 0 aromatic carbocycles. The van der Waals surface area contributed by atoms with Crippen molar-refractivity contribution < 1.29 is 0 Å². The Hall–Kier alpha value is -0.740. The minimum absolute atomic E-state index is 0.456. The first-order chi connectivity index (χ1) is 9.04. The summed E-state index contributed by atoms with van der Waals surface area (Å²) in [7, 11) is 0. The van der Waals surface area contributed by atoms with Crippen molar-refractivity contribution in [2.24, 2.45) is 5.92 Å². The SMILES string of the molecule is CCCCCCc1cc(C#CC(C)C)sc1C(C)C. The van der Waals surface area contributed by atoms with Gasteiger partial charge in [-0.1, -0.05) is 65.7 Å². The monoisotopic (exact) mass is 276 g/mol. The van der Waals surface area contributed by atoms with E-state index < -0.39 is 0 Å². The maximum absolute atomic E-state index is 3.33. The molecule has 0 aliphatic carbocycles. The summed E-state index contributed by atoms with van der Waals surface area (Å²) in [5.74, 6) is 7.69. The molecule has 0 radical (unpaired) electrons. The number of hydrogen-bond acceptors (Lipinski definition) is 1. The van der Waals surface area contributed by atoms with Gasteiger partial charge in [-0.3, -0.25) is 0 Å². The third kappa shape index (κ3) is 5.83. The fourth-order valence-electron chi connectivity index (χ4n) is 2.15. The van der Waals surface area contributed by atoms with Crippen molar-refractivity contribution in [2.45, 2.75) is 72.6 Å². The van der Waals surface area contributed by atoms with Crippen LogP contribution < -0.4 is 0 Å². The summed E-state index contributed by atoms with van der Waals surface area (Å²) in [6, 6.07) is 2.33. The molecule has 19 heavy (non-hydrogen) atoms. The number of hydrogen-bond donors (Lipinski definition) is 0. The average molecular weight is 276 g/mol. The summed E-state index contributed by atoms with van der Waals surface area (Å²) >= 11 is 1.90. The first kappa shape index (κ1) is 16.3. The molecule has 1 aromatic heterocycles. The van der Waals surface area contributed by atoms with E-state index in [0.29, 0.717) is 11.8 Å². The van der Waals surface area contributed by atoms with E-state index in [9.17, 15) is 0 Å². The van der Waals surface area contributed by atoms with Crippen LogP contribution >= 0.6 is 11.3 Å². The third-order valence-corrected chi connectivity index (χ3v) is 4.54. The Morgan fingerprint density at radius 3 is 2.42 bits per heavy atom. The lowest BCUT2D eigenvalue weighted by molar-refractivity contribution is 0.664. The van der Waals surface area contributed by atoms with Crippen molar-refractivity contribution in [1.29, 1.82) is 0 Å². The molecule has 1 heterocycles. The Bertz CT molecular complexity index is 426. The second kappa shape index (κ2) is 8.43. The van der Waals surface area contributed by atoms with Gasteiger partial charge >= 0.3 is 0 Å². The number of aryl methyl sites for hydroxylation is 1. The summed E-state index contributed by atoms with van der Waals surface area (Å²) in [6.07, 6.45) is 6.58. The summed E-state index contributed by atoms with van der Waals surface area (Å²) in [4.78, 5) is 2.80. The third-order valence-electron chi connectivity index (χ3n) is 3.15. The van der Waals surface area contributed by atoms with Crippen LogP contribution in [0.5, 0.6) is 0 Å². The first-order valence-electron chi connectivity index (χ1n) is 7.68. The molecule has 1 aromatic rings. The predicted molar refractivity (Wildman–Crippen MR) is 88.0 cm³/mol. The van der Waals surface area contributed by atoms with Crippen molar-refractivity contribution in [3.8, 4) is 11.8 Å². The molecule has 0 atom stereocenters. The van der Waals surface area contributed by atoms with E-state index in [-0.39, 0.29) is 0 Å². The minimum atomic E-state index is 0.456. The van der Waals surface area contributed by atoms with Crippen LogP contribution in [0.2, 0.25) is 0 Å². The fourth-order valence-corrected chi connectivity index (χ4v) is 3.22. The molecule has 106 valence electrons. The molecule has 0 spiro atoms. The molecule has 0 fully saturated rings. The first-order valence-corrected chi connectivity index (χ1v) is 8.50. The van der Waals surface area contributed by atoms with Crippen molar-refractivity contribution >= 4 is 11.3 Å². The van der Waals surface area contributed by atoms with Gasteiger partial charge in [-0.15, -0.1) is 11.3 Å². The van der Waals surface area contributed by atoms with Gasteiger partial charge in [0.2, 0.25) is 0 Å². The maximum atomic E-state index is 3.33. The number of rotatable bonds is 6. The van der Waals surface area contributed by atoms with Gasteiger partial charge in [0.15, 0.2) is 0 Å². The highest BCUT2D eigenvalue weighted by Crippen LogP contribution is 2.30. The molecule has 0 bridgehead atoms. The van der Waals surface area contributed by atoms with E-state index in [2.05, 4.69) is 52.5 Å². The van der Waals surface area contributed by atoms with Gasteiger partial charge < -0.3 is 0 Å². The standard InChI is InChI=1S/C18H28S/c1-6-7-8-9-10-16-13-17(12-11-14(2)3)19-18(16)15(4)5/h13-15H,6-10H2,1-5H3. The maximum Gasteiger partial charge on any atom is 0.0774 e. The normalized spacial score (nSPS) is 10.9. The average Bonchev–Trinajstić information content (AvgIpc) is 2.76. The van der Waals surface area contributed by atoms with Crippen LogP contribution in [-0.2, 0) is 6.42 Å². The zero-order valence-corrected chi connectivity index (χ0v) is 14.0. The minimum Gasteiger partial charge on any atom is -0.131 e. The van der Waals surface area contributed by atoms with Gasteiger partial charge in [0, 0.05) is 10.8 Å². The Labute approximate surface area is 123 Å². The van der Waals surface area contributed by atoms with Gasteiger partial charge in [-0.2, -0.15) is 0 Å². The molecule has 0 amide bonds. The van der Waals surface area contributed by atoms with Gasteiger partial charge in [-0.25, -0.2) is 0 Å². The Morgan fingerprint density at radius 2 is 1.84 bits per heavy atom. The van der Waals surface area contributed by atoms with Crippen LogP contribution in [0.4, 0.5) is 0 Å². The van der Waals surface area contributed by atoms with E-state index >= 15 is 0 Å². The molecule has 1 heteroatoms. The highest BCUT2D eigenvalue weighted by atomic mass is 32.1. The van der Waals surface area contributed by atoms with Gasteiger partial charge in [-0.05, 0) is 30.4 Å². The Kier molecular flexibility index (Phi) is 7.24. The Balaban J connectivity index is 2.75. The lowest BCUT2D eigenvalue weighted by Gasteiger charge is -2.06. The van der Waals surface area contributed by atoms with E-state index in [0.717, 1.165) is 0 Å². The molecule has 0 aliphatic rings. The summed E-state index contributed by atoms with van der Waals surface area (Å²) in [5, 5.41) is 0. The summed E-state index contributed by atoms with van der Waals surface area (Å²) in [5.41, 5.74) is 1.55. The zero-order chi connectivity index (χ0) is 14.3. The number of unbranched alkanes of at least 4 members (excludes halogenated alkanes) is 3. The Morgan fingerprint density at radius 1 is 1.11 bits per heavy atom. The lowest BCUT2D eigenvalue weighted by Crippen LogP contribution is -1.91. The smallest absolute Gasteiger partial charge is 0.0774 e. The summed E-state index contributed by atoms with van der Waals surface area (Å²) < 4.78 is 0. The van der Waals surface area contributed by atoms with Crippen LogP contribution in [0.15, 0.2) is 6.07 Å². The molecule has 0 N–H and O–H groups in total. The van der Waals surface area contributed by atoms with Gasteiger partial charge in [0.05, 0.1) is 4.88 Å². The molecular formula is C18H28S. The number of thiophene rings is 1. The molecule has 0 saturated heterocycles. The summed E-state index contributed by atoms with van der Waals surface area (Å²) in [6.45, 7) is 11.1. The largest absolute Gasteiger partial charge is 0.131 e. The van der Waals surface area contributed by atoms with Crippen LogP contribution in [0.3, 0.4) is 0 Å². The lowest BCUT2D eigenvalue weighted by atomic mass is 10.0. The highest BCUT2D eigenvalue weighted by molar-refractivity contribution is 7.12. The van der Waals surface area contributed by atoms with E-state index in [4.69, 9.17) is 0 Å².